The maximum Gasteiger partial charge on any atom is 0.268 e. The lowest BCUT2D eigenvalue weighted by Gasteiger charge is -2.27. The second-order valence-electron chi connectivity index (χ2n) is 8.59. The highest BCUT2D eigenvalue weighted by atomic mass is 35.5. The number of benzene rings is 3. The molecule has 5 rings (SSSR count). The van der Waals surface area contributed by atoms with E-state index in [1.807, 2.05) is 60.7 Å². The smallest absolute Gasteiger partial charge is 0.268 e. The topological polar surface area (TPSA) is 43.3 Å². The molecule has 1 atom stereocenters. The van der Waals surface area contributed by atoms with Gasteiger partial charge in [-0.2, -0.15) is 0 Å². The second kappa shape index (κ2) is 8.77. The van der Waals surface area contributed by atoms with Gasteiger partial charge in [0.25, 0.3) is 5.91 Å². The number of para-hydroxylation sites is 1. The van der Waals surface area contributed by atoms with E-state index in [1.54, 1.807) is 6.07 Å². The Balaban J connectivity index is 1.59. The predicted octanol–water partition coefficient (Wildman–Crippen LogP) is 7.45. The number of rotatable bonds is 4. The number of nitrogens with zero attached hydrogens (tertiary/aromatic N) is 1. The number of nitrogens with one attached hydrogen (secondary N) is 1. The normalized spacial score (nSPS) is 15.4. The number of amides is 1. The van der Waals surface area contributed by atoms with Crippen molar-refractivity contribution in [3.05, 3.63) is 88.0 Å². The molecule has 1 amide bonds. The van der Waals surface area contributed by atoms with E-state index in [1.165, 1.54) is 0 Å². The van der Waals surface area contributed by atoms with E-state index in [0.29, 0.717) is 22.3 Å². The van der Waals surface area contributed by atoms with Gasteiger partial charge in [0.1, 0.15) is 11.4 Å². The summed E-state index contributed by atoms with van der Waals surface area (Å²) in [6.45, 7) is 4.75. The number of hydrogen-bond donors (Lipinski definition) is 1. The molecule has 1 aliphatic heterocycles. The zero-order valence-corrected chi connectivity index (χ0v) is 20.0. The summed E-state index contributed by atoms with van der Waals surface area (Å²) in [6.07, 6.45) is 0.733. The van der Waals surface area contributed by atoms with E-state index in [4.69, 9.17) is 27.9 Å². The van der Waals surface area contributed by atoms with Crippen molar-refractivity contribution in [1.29, 1.82) is 0 Å². The molecule has 0 bridgehead atoms. The molecule has 6 heteroatoms. The molecular formula is C27H24Cl2N2O2. The Kier molecular flexibility index (Phi) is 5.81. The van der Waals surface area contributed by atoms with Crippen LogP contribution < -0.4 is 10.1 Å². The zero-order chi connectivity index (χ0) is 23.1. The first-order chi connectivity index (χ1) is 15.9. The second-order valence-corrected chi connectivity index (χ2v) is 9.46. The predicted molar refractivity (Wildman–Crippen MR) is 135 cm³/mol. The summed E-state index contributed by atoms with van der Waals surface area (Å²) >= 11 is 12.5. The van der Waals surface area contributed by atoms with Crippen molar-refractivity contribution in [3.63, 3.8) is 0 Å². The summed E-state index contributed by atoms with van der Waals surface area (Å²) in [5.41, 5.74) is 4.55. The van der Waals surface area contributed by atoms with Crippen molar-refractivity contribution in [3.8, 4) is 16.9 Å². The first-order valence-corrected chi connectivity index (χ1v) is 11.8. The molecule has 1 N–H and O–H groups in total. The molecule has 2 heterocycles. The minimum absolute atomic E-state index is 0.0905. The third-order valence-electron chi connectivity index (χ3n) is 6.07. The molecule has 33 heavy (non-hydrogen) atoms. The molecule has 1 aromatic heterocycles. The molecule has 0 radical (unpaired) electrons. The van der Waals surface area contributed by atoms with E-state index in [9.17, 15) is 4.79 Å². The standard InChI is InChI=1S/C27H24Cl2N2O2/c1-16(2)31-24-8-5-7-20(17-12-18(28)14-19(29)13-17)22(24)15-25(31)27(32)30-23-10-11-33-26-9-4-3-6-21(23)26/h3-9,12-16,23H,10-11H2,1-2H3,(H,30,32)/t23-/m0/s1. The molecule has 0 aliphatic carbocycles. The van der Waals surface area contributed by atoms with Crippen molar-refractivity contribution >= 4 is 40.0 Å². The summed E-state index contributed by atoms with van der Waals surface area (Å²) in [7, 11) is 0. The molecule has 0 fully saturated rings. The number of carbonyl (C=O) groups is 1. The lowest BCUT2D eigenvalue weighted by molar-refractivity contribution is 0.0914. The van der Waals surface area contributed by atoms with Crippen LogP contribution in [-0.2, 0) is 0 Å². The highest BCUT2D eigenvalue weighted by Gasteiger charge is 2.26. The third kappa shape index (κ3) is 4.09. The average molecular weight is 479 g/mol. The SMILES string of the molecule is CC(C)n1c(C(=O)N[C@H]2CCOc3ccccc32)cc2c(-c3cc(Cl)cc(Cl)c3)cccc21. The van der Waals surface area contributed by atoms with Gasteiger partial charge in [-0.15, -0.1) is 0 Å². The summed E-state index contributed by atoms with van der Waals surface area (Å²) in [5, 5.41) is 5.39. The van der Waals surface area contributed by atoms with Crippen LogP contribution in [0, 0.1) is 0 Å². The van der Waals surface area contributed by atoms with Crippen molar-refractivity contribution in [1.82, 2.24) is 9.88 Å². The number of halogens is 2. The monoisotopic (exact) mass is 478 g/mol. The molecule has 1 aliphatic rings. The van der Waals surface area contributed by atoms with E-state index < -0.39 is 0 Å². The summed E-state index contributed by atoms with van der Waals surface area (Å²) < 4.78 is 7.85. The van der Waals surface area contributed by atoms with Crippen LogP contribution in [0.25, 0.3) is 22.0 Å². The van der Waals surface area contributed by atoms with E-state index in [2.05, 4.69) is 23.7 Å². The fourth-order valence-corrected chi connectivity index (χ4v) is 5.19. The Bertz CT molecular complexity index is 1340. The molecule has 168 valence electrons. The Morgan fingerprint density at radius 2 is 1.79 bits per heavy atom. The fraction of sp³-hybridized carbons (Fsp3) is 0.222. The molecular weight excluding hydrogens is 455 g/mol. The van der Waals surface area contributed by atoms with Crippen molar-refractivity contribution in [2.45, 2.75) is 32.4 Å². The number of aromatic nitrogens is 1. The zero-order valence-electron chi connectivity index (χ0n) is 18.4. The molecule has 4 aromatic rings. The van der Waals surface area contributed by atoms with Crippen molar-refractivity contribution < 1.29 is 9.53 Å². The van der Waals surface area contributed by atoms with Gasteiger partial charge in [0.15, 0.2) is 0 Å². The van der Waals surface area contributed by atoms with E-state index in [-0.39, 0.29) is 18.0 Å². The van der Waals surface area contributed by atoms with Crippen LogP contribution in [0.15, 0.2) is 66.7 Å². The van der Waals surface area contributed by atoms with Crippen molar-refractivity contribution in [2.75, 3.05) is 6.61 Å². The quantitative estimate of drug-likeness (QED) is 0.330. The van der Waals surface area contributed by atoms with Crippen LogP contribution in [0.2, 0.25) is 10.0 Å². The molecule has 0 saturated carbocycles. The van der Waals surface area contributed by atoms with Gasteiger partial charge < -0.3 is 14.6 Å². The lowest BCUT2D eigenvalue weighted by Crippen LogP contribution is -2.33. The van der Waals surface area contributed by atoms with Crippen LogP contribution in [0.1, 0.15) is 48.4 Å². The fourth-order valence-electron chi connectivity index (χ4n) is 4.67. The first-order valence-electron chi connectivity index (χ1n) is 11.1. The Labute approximate surface area is 203 Å². The summed E-state index contributed by atoms with van der Waals surface area (Å²) in [6, 6.07) is 21.5. The molecule has 4 nitrogen and oxygen atoms in total. The van der Waals surface area contributed by atoms with Crippen LogP contribution in [0.3, 0.4) is 0 Å². The minimum Gasteiger partial charge on any atom is -0.493 e. The van der Waals surface area contributed by atoms with Gasteiger partial charge in [-0.1, -0.05) is 53.5 Å². The van der Waals surface area contributed by atoms with Crippen LogP contribution >= 0.6 is 23.2 Å². The summed E-state index contributed by atoms with van der Waals surface area (Å²) in [5.74, 6) is 0.732. The highest BCUT2D eigenvalue weighted by molar-refractivity contribution is 6.35. The van der Waals surface area contributed by atoms with E-state index in [0.717, 1.165) is 39.8 Å². The van der Waals surface area contributed by atoms with Gasteiger partial charge in [0.2, 0.25) is 0 Å². The number of fused-ring (bicyclic) bond motifs is 2. The largest absolute Gasteiger partial charge is 0.493 e. The number of carbonyl (C=O) groups excluding carboxylic acids is 1. The molecule has 0 unspecified atom stereocenters. The molecule has 3 aromatic carbocycles. The van der Waals surface area contributed by atoms with Gasteiger partial charge in [-0.25, -0.2) is 0 Å². The van der Waals surface area contributed by atoms with Crippen LogP contribution in [0.4, 0.5) is 0 Å². The molecule has 0 spiro atoms. The maximum atomic E-state index is 13.6. The first kappa shape index (κ1) is 21.9. The number of hydrogen-bond acceptors (Lipinski definition) is 2. The van der Waals surface area contributed by atoms with Gasteiger partial charge in [-0.3, -0.25) is 4.79 Å². The maximum absolute atomic E-state index is 13.6. The minimum atomic E-state index is -0.100. The lowest BCUT2D eigenvalue weighted by atomic mass is 10.0. The highest BCUT2D eigenvalue weighted by Crippen LogP contribution is 2.36. The Morgan fingerprint density at radius 3 is 2.55 bits per heavy atom. The van der Waals surface area contributed by atoms with Gasteiger partial charge in [0.05, 0.1) is 12.6 Å². The number of ether oxygens (including phenoxy) is 1. The van der Waals surface area contributed by atoms with Gasteiger partial charge in [-0.05, 0) is 61.4 Å². The van der Waals surface area contributed by atoms with Crippen LogP contribution in [-0.4, -0.2) is 17.1 Å². The van der Waals surface area contributed by atoms with Crippen molar-refractivity contribution in [2.24, 2.45) is 0 Å². The Morgan fingerprint density at radius 1 is 1.03 bits per heavy atom. The van der Waals surface area contributed by atoms with Gasteiger partial charge >= 0.3 is 0 Å². The molecule has 0 saturated heterocycles. The average Bonchev–Trinajstić information content (AvgIpc) is 3.19. The Hall–Kier alpha value is -2.95. The summed E-state index contributed by atoms with van der Waals surface area (Å²) in [4.78, 5) is 13.6. The van der Waals surface area contributed by atoms with Crippen LogP contribution in [0.5, 0.6) is 5.75 Å². The van der Waals surface area contributed by atoms with Gasteiger partial charge in [0, 0.05) is 39.0 Å². The third-order valence-corrected chi connectivity index (χ3v) is 6.51. The van der Waals surface area contributed by atoms with E-state index >= 15 is 0 Å².